The molecule has 0 radical (unpaired) electrons. The molecule has 0 atom stereocenters. The Bertz CT molecular complexity index is 884. The van der Waals surface area contributed by atoms with E-state index >= 15 is 0 Å². The zero-order valence-corrected chi connectivity index (χ0v) is 18.0. The number of benzene rings is 1. The summed E-state index contributed by atoms with van der Waals surface area (Å²) in [5.74, 6) is 0.771. The molecule has 2 heterocycles. The predicted octanol–water partition coefficient (Wildman–Crippen LogP) is 3.75. The number of nitrogens with one attached hydrogen (secondary N) is 1. The van der Waals surface area contributed by atoms with Crippen molar-refractivity contribution < 1.29 is 18.7 Å². The molecule has 0 aliphatic carbocycles. The molecule has 1 aromatic heterocycles. The van der Waals surface area contributed by atoms with Crippen LogP contribution in [0.1, 0.15) is 32.3 Å². The molecule has 1 aliphatic heterocycles. The van der Waals surface area contributed by atoms with E-state index in [4.69, 9.17) is 9.47 Å². The quantitative estimate of drug-likeness (QED) is 0.411. The van der Waals surface area contributed by atoms with Gasteiger partial charge in [-0.05, 0) is 56.5 Å². The summed E-state index contributed by atoms with van der Waals surface area (Å²) < 4.78 is 25.2. The van der Waals surface area contributed by atoms with Crippen molar-refractivity contribution in [2.45, 2.75) is 33.2 Å². The molecule has 2 aromatic rings. The summed E-state index contributed by atoms with van der Waals surface area (Å²) in [5.41, 5.74) is 0.743. The van der Waals surface area contributed by atoms with Crippen molar-refractivity contribution >= 4 is 11.9 Å². The first-order valence-electron chi connectivity index (χ1n) is 10.7. The highest BCUT2D eigenvalue weighted by molar-refractivity contribution is 5.80. The normalized spacial score (nSPS) is 14.9. The van der Waals surface area contributed by atoms with Crippen LogP contribution >= 0.6 is 0 Å². The molecule has 1 N–H and O–H groups in total. The van der Waals surface area contributed by atoms with E-state index < -0.39 is 5.82 Å². The third-order valence-electron chi connectivity index (χ3n) is 5.02. The van der Waals surface area contributed by atoms with Gasteiger partial charge >= 0.3 is 5.97 Å². The Labute approximate surface area is 182 Å². The summed E-state index contributed by atoms with van der Waals surface area (Å²) >= 11 is 0. The van der Waals surface area contributed by atoms with Crippen molar-refractivity contribution in [2.75, 3.05) is 26.2 Å². The van der Waals surface area contributed by atoms with Gasteiger partial charge in [-0.25, -0.2) is 9.38 Å². The van der Waals surface area contributed by atoms with E-state index in [0.29, 0.717) is 18.9 Å². The molecule has 0 saturated carbocycles. The van der Waals surface area contributed by atoms with Gasteiger partial charge in [0.2, 0.25) is 0 Å². The number of carbonyl (C=O) groups excluding carboxylic acids is 1. The number of pyridine rings is 1. The van der Waals surface area contributed by atoms with Gasteiger partial charge in [0.15, 0.2) is 17.5 Å². The van der Waals surface area contributed by atoms with Crippen molar-refractivity contribution in [3.05, 3.63) is 54.1 Å². The molecule has 0 amide bonds. The molecule has 1 aliphatic rings. The molecule has 1 fully saturated rings. The van der Waals surface area contributed by atoms with Crippen molar-refractivity contribution in [3.8, 4) is 11.5 Å². The molecular weight excluding hydrogens is 399 g/mol. The lowest BCUT2D eigenvalue weighted by molar-refractivity contribution is -0.149. The number of piperidine rings is 1. The number of hydrogen-bond acceptors (Lipinski definition) is 5. The summed E-state index contributed by atoms with van der Waals surface area (Å²) in [7, 11) is 0. The lowest BCUT2D eigenvalue weighted by Gasteiger charge is -2.33. The average Bonchev–Trinajstić information content (AvgIpc) is 2.79. The van der Waals surface area contributed by atoms with Gasteiger partial charge in [0.1, 0.15) is 5.75 Å². The highest BCUT2D eigenvalue weighted by Crippen LogP contribution is 2.25. The van der Waals surface area contributed by atoms with Crippen LogP contribution in [0.5, 0.6) is 11.5 Å². The Hall–Kier alpha value is -3.16. The number of rotatable bonds is 7. The molecule has 8 heteroatoms. The van der Waals surface area contributed by atoms with Gasteiger partial charge in [0.25, 0.3) is 0 Å². The Morgan fingerprint density at radius 3 is 2.74 bits per heavy atom. The fourth-order valence-corrected chi connectivity index (χ4v) is 3.44. The third kappa shape index (κ3) is 6.41. The average molecular weight is 429 g/mol. The Morgan fingerprint density at radius 1 is 1.29 bits per heavy atom. The van der Waals surface area contributed by atoms with Gasteiger partial charge in [-0.1, -0.05) is 6.07 Å². The van der Waals surface area contributed by atoms with E-state index in [1.807, 2.05) is 13.8 Å². The highest BCUT2D eigenvalue weighted by Gasteiger charge is 2.27. The van der Waals surface area contributed by atoms with E-state index in [1.54, 1.807) is 30.5 Å². The minimum atomic E-state index is -0.447. The predicted molar refractivity (Wildman–Crippen MR) is 116 cm³/mol. The first-order chi connectivity index (χ1) is 15.1. The van der Waals surface area contributed by atoms with Crippen LogP contribution in [0.15, 0.2) is 47.7 Å². The number of nitrogens with zero attached hydrogens (tertiary/aromatic N) is 3. The fraction of sp³-hybridized carbons (Fsp3) is 0.435. The summed E-state index contributed by atoms with van der Waals surface area (Å²) in [5, 5.41) is 3.28. The number of esters is 1. The minimum absolute atomic E-state index is 0.0551. The van der Waals surface area contributed by atoms with Crippen LogP contribution in [0.4, 0.5) is 4.39 Å². The minimum Gasteiger partial charge on any atom is -0.466 e. The zero-order valence-electron chi connectivity index (χ0n) is 18.0. The second kappa shape index (κ2) is 11.3. The maximum Gasteiger partial charge on any atom is 0.309 e. The second-order valence-electron chi connectivity index (χ2n) is 7.24. The lowest BCUT2D eigenvalue weighted by Crippen LogP contribution is -2.46. The second-order valence-corrected chi connectivity index (χ2v) is 7.24. The largest absolute Gasteiger partial charge is 0.466 e. The monoisotopic (exact) mass is 428 g/mol. The van der Waals surface area contributed by atoms with Crippen LogP contribution in [0.3, 0.4) is 0 Å². The first-order valence-corrected chi connectivity index (χ1v) is 10.7. The van der Waals surface area contributed by atoms with Gasteiger partial charge in [-0.2, -0.15) is 0 Å². The van der Waals surface area contributed by atoms with Crippen LogP contribution in [0.25, 0.3) is 0 Å². The smallest absolute Gasteiger partial charge is 0.309 e. The molecular formula is C23H29FN4O3. The number of aromatic nitrogens is 1. The SMILES string of the molecule is CCNC(=NCc1ccc(Oc2cccnc2)c(F)c1)N1CCC(C(=O)OCC)CC1. The lowest BCUT2D eigenvalue weighted by atomic mass is 9.97. The number of guanidine groups is 1. The van der Waals surface area contributed by atoms with Crippen molar-refractivity contribution in [1.29, 1.82) is 0 Å². The molecule has 0 bridgehead atoms. The van der Waals surface area contributed by atoms with E-state index in [0.717, 1.165) is 44.0 Å². The fourth-order valence-electron chi connectivity index (χ4n) is 3.44. The van der Waals surface area contributed by atoms with Gasteiger partial charge in [-0.3, -0.25) is 9.78 Å². The van der Waals surface area contributed by atoms with Crippen LogP contribution in [0.2, 0.25) is 0 Å². The molecule has 1 saturated heterocycles. The molecule has 1 aromatic carbocycles. The Morgan fingerprint density at radius 2 is 2.10 bits per heavy atom. The maximum absolute atomic E-state index is 14.5. The summed E-state index contributed by atoms with van der Waals surface area (Å²) in [6.45, 7) is 6.75. The van der Waals surface area contributed by atoms with Gasteiger partial charge in [0, 0.05) is 25.8 Å². The standard InChI is InChI=1S/C23H29FN4O3/c1-3-26-23(28-12-9-18(10-13-28)22(29)30-4-2)27-15-17-7-8-21(20(24)14-17)31-19-6-5-11-25-16-19/h5-8,11,14,16,18H,3-4,9-10,12-13,15H2,1-2H3,(H,26,27). The van der Waals surface area contributed by atoms with Gasteiger partial charge < -0.3 is 19.7 Å². The van der Waals surface area contributed by atoms with Crippen LogP contribution in [-0.2, 0) is 16.1 Å². The number of hydrogen-bond donors (Lipinski definition) is 1. The van der Waals surface area contributed by atoms with Gasteiger partial charge in [0.05, 0.1) is 25.3 Å². The van der Waals surface area contributed by atoms with Crippen molar-refractivity contribution in [1.82, 2.24) is 15.2 Å². The summed E-state index contributed by atoms with van der Waals surface area (Å²) in [6, 6.07) is 8.29. The Balaban J connectivity index is 1.61. The van der Waals surface area contributed by atoms with E-state index in [1.165, 1.54) is 12.3 Å². The summed E-state index contributed by atoms with van der Waals surface area (Å²) in [4.78, 5) is 22.7. The van der Waals surface area contributed by atoms with Gasteiger partial charge in [-0.15, -0.1) is 0 Å². The van der Waals surface area contributed by atoms with Crippen LogP contribution in [0, 0.1) is 11.7 Å². The summed E-state index contributed by atoms with van der Waals surface area (Å²) in [6.07, 6.45) is 4.63. The first kappa shape index (κ1) is 22.5. The highest BCUT2D eigenvalue weighted by atomic mass is 19.1. The third-order valence-corrected chi connectivity index (χ3v) is 5.02. The van der Waals surface area contributed by atoms with Crippen LogP contribution < -0.4 is 10.1 Å². The van der Waals surface area contributed by atoms with E-state index in [2.05, 4.69) is 20.2 Å². The van der Waals surface area contributed by atoms with Crippen molar-refractivity contribution in [3.63, 3.8) is 0 Å². The number of ether oxygens (including phenoxy) is 2. The molecule has 0 spiro atoms. The number of likely N-dealkylation sites (tertiary alicyclic amines) is 1. The zero-order chi connectivity index (χ0) is 22.1. The number of aliphatic imine (C=N–C) groups is 1. The molecule has 166 valence electrons. The topological polar surface area (TPSA) is 76.1 Å². The molecule has 0 unspecified atom stereocenters. The van der Waals surface area contributed by atoms with Crippen LogP contribution in [-0.4, -0.2) is 48.1 Å². The molecule has 31 heavy (non-hydrogen) atoms. The van der Waals surface area contributed by atoms with E-state index in [-0.39, 0.29) is 17.6 Å². The number of halogens is 1. The van der Waals surface area contributed by atoms with Crippen molar-refractivity contribution in [2.24, 2.45) is 10.9 Å². The number of carbonyl (C=O) groups is 1. The van der Waals surface area contributed by atoms with E-state index in [9.17, 15) is 9.18 Å². The molecule has 3 rings (SSSR count). The maximum atomic E-state index is 14.5. The molecule has 7 nitrogen and oxygen atoms in total. The Kier molecular flexibility index (Phi) is 8.20.